The van der Waals surface area contributed by atoms with Crippen LogP contribution in [0.4, 0.5) is 10.2 Å². The molecule has 1 saturated heterocycles. The lowest BCUT2D eigenvalue weighted by atomic mass is 10.0. The maximum atomic E-state index is 13.4. The summed E-state index contributed by atoms with van der Waals surface area (Å²) in [5.41, 5.74) is 2.98. The number of aryl methyl sites for hydroxylation is 1. The third-order valence-corrected chi connectivity index (χ3v) is 7.49. The number of halogens is 1. The predicted molar refractivity (Wildman–Crippen MR) is 123 cm³/mol. The molecule has 6 heteroatoms. The lowest BCUT2D eigenvalue weighted by Crippen LogP contribution is -2.38. The first-order chi connectivity index (χ1) is 15.6. The number of benzene rings is 1. The van der Waals surface area contributed by atoms with Crippen molar-refractivity contribution in [3.63, 3.8) is 0 Å². The molecule has 170 valence electrons. The minimum Gasteiger partial charge on any atom is -0.292 e. The molecule has 1 saturated carbocycles. The lowest BCUT2D eigenvalue weighted by Gasteiger charge is -2.34. The molecule has 1 aliphatic carbocycles. The lowest BCUT2D eigenvalue weighted by molar-refractivity contribution is -0.119. The number of anilines is 1. The third kappa shape index (κ3) is 4.29. The summed E-state index contributed by atoms with van der Waals surface area (Å²) in [6.45, 7) is 3.59. The maximum absolute atomic E-state index is 13.4. The van der Waals surface area contributed by atoms with Crippen LogP contribution in [0.5, 0.6) is 0 Å². The zero-order valence-electron chi connectivity index (χ0n) is 19.0. The van der Waals surface area contributed by atoms with Crippen molar-refractivity contribution in [3.05, 3.63) is 52.7 Å². The van der Waals surface area contributed by atoms with E-state index >= 15 is 0 Å². The van der Waals surface area contributed by atoms with Gasteiger partial charge in [0, 0.05) is 23.7 Å². The fourth-order valence-electron chi connectivity index (χ4n) is 5.78. The molecule has 1 aromatic carbocycles. The van der Waals surface area contributed by atoms with Crippen LogP contribution in [0.3, 0.4) is 0 Å². The van der Waals surface area contributed by atoms with Gasteiger partial charge >= 0.3 is 0 Å². The first kappa shape index (κ1) is 21.5. The Kier molecular flexibility index (Phi) is 6.22. The molecule has 3 aliphatic rings. The summed E-state index contributed by atoms with van der Waals surface area (Å²) < 4.78 is 13.4. The Hall–Kier alpha value is -2.34. The van der Waals surface area contributed by atoms with Crippen molar-refractivity contribution in [2.45, 2.75) is 89.8 Å². The van der Waals surface area contributed by atoms with Gasteiger partial charge in [0.15, 0.2) is 0 Å². The summed E-state index contributed by atoms with van der Waals surface area (Å²) in [5, 5.41) is 0. The van der Waals surface area contributed by atoms with Gasteiger partial charge in [-0.05, 0) is 63.3 Å². The smallest absolute Gasteiger partial charge is 0.228 e. The van der Waals surface area contributed by atoms with Crippen molar-refractivity contribution in [1.29, 1.82) is 0 Å². The Balaban J connectivity index is 1.46. The van der Waals surface area contributed by atoms with E-state index in [4.69, 9.17) is 9.97 Å². The van der Waals surface area contributed by atoms with E-state index in [2.05, 4.69) is 11.8 Å². The van der Waals surface area contributed by atoms with Crippen molar-refractivity contribution in [3.8, 4) is 0 Å². The van der Waals surface area contributed by atoms with Crippen molar-refractivity contribution in [1.82, 2.24) is 14.9 Å². The SMILES string of the molecule is Cc1nc([C@H]2CCCN2C2CCCCCC2)nc2c1CCC(=O)N2Cc1ccc(F)cc1. The molecule has 32 heavy (non-hydrogen) atoms. The number of aromatic nitrogens is 2. The van der Waals surface area contributed by atoms with Crippen LogP contribution in [-0.4, -0.2) is 33.4 Å². The number of hydrogen-bond acceptors (Lipinski definition) is 4. The van der Waals surface area contributed by atoms with Gasteiger partial charge in [-0.1, -0.05) is 37.8 Å². The molecule has 2 fully saturated rings. The van der Waals surface area contributed by atoms with Crippen LogP contribution in [0.1, 0.15) is 86.5 Å². The van der Waals surface area contributed by atoms with E-state index in [1.54, 1.807) is 17.0 Å². The first-order valence-corrected chi connectivity index (χ1v) is 12.3. The standard InChI is InChI=1S/C26H33FN4O/c1-18-22-14-15-24(32)31(17-19-10-12-20(27)13-11-19)26(22)29-25(28-18)23-9-6-16-30(23)21-7-4-2-3-5-8-21/h10-13,21,23H,2-9,14-17H2,1H3/t23-/m1/s1. The zero-order valence-corrected chi connectivity index (χ0v) is 19.0. The molecule has 2 aliphatic heterocycles. The van der Waals surface area contributed by atoms with Gasteiger partial charge in [0.1, 0.15) is 17.5 Å². The normalized spacial score (nSPS) is 22.8. The molecule has 1 amide bonds. The van der Waals surface area contributed by atoms with Gasteiger partial charge in [0.25, 0.3) is 0 Å². The second-order valence-electron chi connectivity index (χ2n) is 9.62. The van der Waals surface area contributed by atoms with Gasteiger partial charge in [-0.25, -0.2) is 14.4 Å². The Labute approximate surface area is 190 Å². The second-order valence-corrected chi connectivity index (χ2v) is 9.62. The molecule has 0 radical (unpaired) electrons. The van der Waals surface area contributed by atoms with E-state index in [9.17, 15) is 9.18 Å². The molecule has 2 aromatic rings. The highest BCUT2D eigenvalue weighted by Crippen LogP contribution is 2.38. The molecule has 5 rings (SSSR count). The number of fused-ring (bicyclic) bond motifs is 1. The summed E-state index contributed by atoms with van der Waals surface area (Å²) >= 11 is 0. The Morgan fingerprint density at radius 3 is 2.47 bits per heavy atom. The van der Waals surface area contributed by atoms with Crippen LogP contribution >= 0.6 is 0 Å². The molecule has 3 heterocycles. The maximum Gasteiger partial charge on any atom is 0.228 e. The summed E-state index contributed by atoms with van der Waals surface area (Å²) in [7, 11) is 0. The highest BCUT2D eigenvalue weighted by Gasteiger charge is 2.36. The summed E-state index contributed by atoms with van der Waals surface area (Å²) in [6.07, 6.45) is 11.3. The largest absolute Gasteiger partial charge is 0.292 e. The highest BCUT2D eigenvalue weighted by molar-refractivity contribution is 5.95. The number of carbonyl (C=O) groups is 1. The Morgan fingerprint density at radius 1 is 0.969 bits per heavy atom. The predicted octanol–water partition coefficient (Wildman–Crippen LogP) is 5.26. The van der Waals surface area contributed by atoms with Crippen LogP contribution in [0.2, 0.25) is 0 Å². The van der Waals surface area contributed by atoms with Crippen molar-refractivity contribution < 1.29 is 9.18 Å². The number of likely N-dealkylation sites (tertiary alicyclic amines) is 1. The number of rotatable bonds is 4. The van der Waals surface area contributed by atoms with Crippen molar-refractivity contribution >= 4 is 11.7 Å². The zero-order chi connectivity index (χ0) is 22.1. The molecule has 5 nitrogen and oxygen atoms in total. The molecular weight excluding hydrogens is 403 g/mol. The average molecular weight is 437 g/mol. The van der Waals surface area contributed by atoms with E-state index in [0.717, 1.165) is 41.4 Å². The topological polar surface area (TPSA) is 49.3 Å². The fraction of sp³-hybridized carbons (Fsp3) is 0.577. The van der Waals surface area contributed by atoms with E-state index in [0.29, 0.717) is 25.4 Å². The number of nitrogens with zero attached hydrogens (tertiary/aromatic N) is 4. The Bertz CT molecular complexity index is 969. The fourth-order valence-corrected chi connectivity index (χ4v) is 5.78. The third-order valence-electron chi connectivity index (χ3n) is 7.49. The van der Waals surface area contributed by atoms with E-state index < -0.39 is 0 Å². The van der Waals surface area contributed by atoms with E-state index in [-0.39, 0.29) is 17.8 Å². The van der Waals surface area contributed by atoms with E-state index in [1.165, 1.54) is 57.1 Å². The summed E-state index contributed by atoms with van der Waals surface area (Å²) in [4.78, 5) is 27.4. The van der Waals surface area contributed by atoms with Crippen LogP contribution in [-0.2, 0) is 17.8 Å². The van der Waals surface area contributed by atoms with Crippen molar-refractivity contribution in [2.75, 3.05) is 11.4 Å². The minimum absolute atomic E-state index is 0.0814. The first-order valence-electron chi connectivity index (χ1n) is 12.3. The molecule has 1 atom stereocenters. The number of carbonyl (C=O) groups excluding carboxylic acids is 1. The Morgan fingerprint density at radius 2 is 1.72 bits per heavy atom. The quantitative estimate of drug-likeness (QED) is 0.613. The molecule has 1 aromatic heterocycles. The number of hydrogen-bond donors (Lipinski definition) is 0. The molecule has 0 spiro atoms. The summed E-state index contributed by atoms with van der Waals surface area (Å²) in [6, 6.07) is 7.26. The van der Waals surface area contributed by atoms with Gasteiger partial charge in [0.05, 0.1) is 12.6 Å². The molecule has 0 bridgehead atoms. The van der Waals surface area contributed by atoms with Gasteiger partial charge in [-0.15, -0.1) is 0 Å². The van der Waals surface area contributed by atoms with Crippen LogP contribution in [0.15, 0.2) is 24.3 Å². The number of amides is 1. The van der Waals surface area contributed by atoms with Crippen molar-refractivity contribution in [2.24, 2.45) is 0 Å². The highest BCUT2D eigenvalue weighted by atomic mass is 19.1. The average Bonchev–Trinajstić information content (AvgIpc) is 3.12. The second kappa shape index (κ2) is 9.26. The van der Waals surface area contributed by atoms with Gasteiger partial charge in [0.2, 0.25) is 5.91 Å². The van der Waals surface area contributed by atoms with Crippen LogP contribution in [0.25, 0.3) is 0 Å². The molecule has 0 N–H and O–H groups in total. The van der Waals surface area contributed by atoms with Gasteiger partial charge in [-0.2, -0.15) is 0 Å². The summed E-state index contributed by atoms with van der Waals surface area (Å²) in [5.74, 6) is 1.46. The minimum atomic E-state index is -0.264. The van der Waals surface area contributed by atoms with Gasteiger partial charge in [-0.3, -0.25) is 14.6 Å². The van der Waals surface area contributed by atoms with Crippen LogP contribution < -0.4 is 4.90 Å². The molecule has 0 unspecified atom stereocenters. The van der Waals surface area contributed by atoms with Crippen LogP contribution in [0, 0.1) is 12.7 Å². The molecular formula is C26H33FN4O. The van der Waals surface area contributed by atoms with E-state index in [1.807, 2.05) is 0 Å². The van der Waals surface area contributed by atoms with Gasteiger partial charge < -0.3 is 0 Å². The monoisotopic (exact) mass is 436 g/mol.